The van der Waals surface area contributed by atoms with Crippen LogP contribution < -0.4 is 0 Å². The number of hydrogen-bond acceptors (Lipinski definition) is 1. The van der Waals surface area contributed by atoms with E-state index in [4.69, 9.17) is 11.6 Å². The van der Waals surface area contributed by atoms with Gasteiger partial charge in [0.1, 0.15) is 0 Å². The third-order valence-electron chi connectivity index (χ3n) is 0.625. The van der Waals surface area contributed by atoms with Crippen LogP contribution in [-0.2, 0) is 20.4 Å². The van der Waals surface area contributed by atoms with Crippen LogP contribution in [0.25, 0.3) is 0 Å². The van der Waals surface area contributed by atoms with E-state index in [9.17, 15) is 0 Å². The molecule has 0 amide bonds. The van der Waals surface area contributed by atoms with Gasteiger partial charge in [0.15, 0.2) is 0 Å². The number of pyridine rings is 1. The Bertz CT molecular complexity index is 142. The molecule has 0 saturated heterocycles. The van der Waals surface area contributed by atoms with Gasteiger partial charge in [-0.05, 0) is 12.1 Å². The van der Waals surface area contributed by atoms with Gasteiger partial charge in [0.05, 0.1) is 5.02 Å². The quantitative estimate of drug-likeness (QED) is 0.606. The summed E-state index contributed by atoms with van der Waals surface area (Å²) in [6.45, 7) is 0. The average molecular weight is 220 g/mol. The van der Waals surface area contributed by atoms with Crippen LogP contribution in [0.1, 0.15) is 0 Å². The maximum Gasteiger partial charge on any atom is 0.0589 e. The molecule has 0 unspecified atom stereocenters. The van der Waals surface area contributed by atoms with Gasteiger partial charge in [0, 0.05) is 32.8 Å². The van der Waals surface area contributed by atoms with Gasteiger partial charge in [-0.15, -0.1) is 0 Å². The third kappa shape index (κ3) is 2.42. The molecule has 0 radical (unpaired) electrons. The first kappa shape index (κ1) is 8.10. The van der Waals surface area contributed by atoms with E-state index in [1.807, 2.05) is 0 Å². The molecule has 3 heteroatoms. The summed E-state index contributed by atoms with van der Waals surface area (Å²) >= 11 is 5.48. The van der Waals surface area contributed by atoms with E-state index in [0.717, 1.165) is 0 Å². The van der Waals surface area contributed by atoms with Crippen molar-refractivity contribution in [1.82, 2.24) is 4.98 Å². The maximum atomic E-state index is 5.48. The summed E-state index contributed by atoms with van der Waals surface area (Å²) in [5.41, 5.74) is 0. The monoisotopic (exact) mass is 219 g/mol. The molecule has 1 heterocycles. The first-order valence-corrected chi connectivity index (χ1v) is 2.33. The molecule has 0 saturated carbocycles. The molecule has 0 atom stereocenters. The van der Waals surface area contributed by atoms with Crippen LogP contribution in [0, 0.1) is 0 Å². The Hall–Kier alpha value is 0.102. The van der Waals surface area contributed by atoms with E-state index in [1.54, 1.807) is 24.5 Å². The van der Waals surface area contributed by atoms with Crippen molar-refractivity contribution in [1.29, 1.82) is 0 Å². The van der Waals surface area contributed by atoms with Crippen molar-refractivity contribution in [2.75, 3.05) is 0 Å². The second kappa shape index (κ2) is 4.03. The van der Waals surface area contributed by atoms with Crippen molar-refractivity contribution in [2.45, 2.75) is 0 Å². The van der Waals surface area contributed by atoms with E-state index in [-0.39, 0.29) is 20.4 Å². The predicted octanol–water partition coefficient (Wildman–Crippen LogP) is 1.73. The van der Waals surface area contributed by atoms with Gasteiger partial charge in [-0.1, -0.05) is 11.6 Å². The first-order valence-electron chi connectivity index (χ1n) is 1.95. The van der Waals surface area contributed by atoms with Crippen LogP contribution in [0.2, 0.25) is 5.02 Å². The summed E-state index contributed by atoms with van der Waals surface area (Å²) in [6.07, 6.45) is 3.29. The number of nitrogens with zero attached hydrogens (tertiary/aromatic N) is 1. The largest absolute Gasteiger partial charge is 0.263 e. The van der Waals surface area contributed by atoms with E-state index in [2.05, 4.69) is 4.98 Å². The zero-order valence-electron chi connectivity index (χ0n) is 3.95. The van der Waals surface area contributed by atoms with Crippen molar-refractivity contribution in [3.8, 4) is 0 Å². The molecule has 0 spiro atoms. The predicted molar refractivity (Wildman–Crippen MR) is 29.2 cm³/mol. The van der Waals surface area contributed by atoms with Crippen molar-refractivity contribution in [3.63, 3.8) is 0 Å². The zero-order valence-corrected chi connectivity index (χ0v) is 6.26. The van der Waals surface area contributed by atoms with Gasteiger partial charge in [0.2, 0.25) is 0 Å². The molecule has 1 aromatic heterocycles. The minimum absolute atomic E-state index is 0. The van der Waals surface area contributed by atoms with Gasteiger partial charge in [-0.2, -0.15) is 0 Å². The smallest absolute Gasteiger partial charge is 0.0589 e. The fraction of sp³-hybridized carbons (Fsp3) is 0. The second-order valence-corrected chi connectivity index (χ2v) is 1.61. The molecule has 1 aromatic rings. The molecule has 0 N–H and O–H groups in total. The molecule has 0 bridgehead atoms. The summed E-state index contributed by atoms with van der Waals surface area (Å²) in [5.74, 6) is 0. The minimum atomic E-state index is 0. The Morgan fingerprint density at radius 3 is 2.50 bits per heavy atom. The maximum absolute atomic E-state index is 5.48. The van der Waals surface area contributed by atoms with Crippen LogP contribution in [0.3, 0.4) is 0 Å². The van der Waals surface area contributed by atoms with Crippen LogP contribution >= 0.6 is 11.6 Å². The number of hydrogen-bond donors (Lipinski definition) is 0. The number of rotatable bonds is 0. The topological polar surface area (TPSA) is 12.9 Å². The Labute approximate surface area is 66.7 Å². The Kier molecular flexibility index (Phi) is 4.08. The summed E-state index contributed by atoms with van der Waals surface area (Å²) in [7, 11) is 0. The molecule has 0 fully saturated rings. The van der Waals surface area contributed by atoms with Crippen LogP contribution in [0.4, 0.5) is 0 Å². The van der Waals surface area contributed by atoms with E-state index >= 15 is 0 Å². The van der Waals surface area contributed by atoms with Crippen LogP contribution in [-0.4, -0.2) is 4.98 Å². The Morgan fingerprint density at radius 1 is 1.50 bits per heavy atom. The second-order valence-electron chi connectivity index (χ2n) is 1.17. The number of aromatic nitrogens is 1. The molecule has 1 rings (SSSR count). The summed E-state index contributed by atoms with van der Waals surface area (Å²) < 4.78 is 0. The minimum Gasteiger partial charge on any atom is -0.263 e. The molecular formula is C5H4ClNPd. The Morgan fingerprint density at radius 2 is 2.25 bits per heavy atom. The summed E-state index contributed by atoms with van der Waals surface area (Å²) in [4.78, 5) is 3.75. The van der Waals surface area contributed by atoms with Gasteiger partial charge >= 0.3 is 0 Å². The molecule has 0 aliphatic rings. The van der Waals surface area contributed by atoms with Crippen molar-refractivity contribution >= 4 is 11.6 Å². The summed E-state index contributed by atoms with van der Waals surface area (Å²) in [5, 5.41) is 0.683. The molecule has 8 heavy (non-hydrogen) atoms. The van der Waals surface area contributed by atoms with Crippen LogP contribution in [0.5, 0.6) is 0 Å². The third-order valence-corrected chi connectivity index (χ3v) is 0.849. The Balaban J connectivity index is 0.000000490. The molecule has 0 aliphatic heterocycles. The van der Waals surface area contributed by atoms with Gasteiger partial charge in [-0.3, -0.25) is 4.98 Å². The fourth-order valence-corrected chi connectivity index (χ4v) is 0.471. The van der Waals surface area contributed by atoms with Crippen molar-refractivity contribution < 1.29 is 20.4 Å². The average Bonchev–Trinajstić information content (AvgIpc) is 1.69. The van der Waals surface area contributed by atoms with E-state index in [1.165, 1.54) is 0 Å². The first-order chi connectivity index (χ1) is 3.39. The molecule has 0 aromatic carbocycles. The van der Waals surface area contributed by atoms with E-state index < -0.39 is 0 Å². The van der Waals surface area contributed by atoms with E-state index in [0.29, 0.717) is 5.02 Å². The van der Waals surface area contributed by atoms with Gasteiger partial charge in [0.25, 0.3) is 0 Å². The van der Waals surface area contributed by atoms with Crippen molar-refractivity contribution in [2.24, 2.45) is 0 Å². The van der Waals surface area contributed by atoms with Crippen LogP contribution in [0.15, 0.2) is 24.5 Å². The summed E-state index contributed by atoms with van der Waals surface area (Å²) in [6, 6.07) is 3.58. The molecule has 1 nitrogen and oxygen atoms in total. The standard InChI is InChI=1S/C5H4ClN.Pd/c6-5-2-1-3-7-4-5;/h1-4H;. The zero-order chi connectivity index (χ0) is 5.11. The molecule has 46 valence electrons. The normalized spacial score (nSPS) is 7.62. The van der Waals surface area contributed by atoms with Gasteiger partial charge < -0.3 is 0 Å². The SMILES string of the molecule is Clc1cccnc1.[Pd]. The van der Waals surface area contributed by atoms with Crippen molar-refractivity contribution in [3.05, 3.63) is 29.5 Å². The number of halogens is 1. The molecule has 0 aliphatic carbocycles. The molecular weight excluding hydrogens is 216 g/mol. The van der Waals surface area contributed by atoms with Gasteiger partial charge in [-0.25, -0.2) is 0 Å². The fourth-order valence-electron chi connectivity index (χ4n) is 0.342.